The van der Waals surface area contributed by atoms with Crippen LogP contribution in [-0.2, 0) is 6.42 Å². The Morgan fingerprint density at radius 2 is 2.06 bits per heavy atom. The maximum atomic E-state index is 13.6. The minimum atomic E-state index is -0.783. The van der Waals surface area contributed by atoms with Gasteiger partial charge in [-0.1, -0.05) is 25.1 Å². The summed E-state index contributed by atoms with van der Waals surface area (Å²) < 4.78 is 26.8. The molecule has 0 aliphatic carbocycles. The molecule has 0 amide bonds. The summed E-state index contributed by atoms with van der Waals surface area (Å²) in [5.74, 6) is -1.52. The molecule has 2 rings (SSSR count). The van der Waals surface area contributed by atoms with Gasteiger partial charge in [-0.2, -0.15) is 0 Å². The average Bonchev–Trinajstić information content (AvgIpc) is 2.88. The van der Waals surface area contributed by atoms with Crippen LogP contribution in [0.2, 0.25) is 0 Å². The van der Waals surface area contributed by atoms with Gasteiger partial charge in [0, 0.05) is 10.9 Å². The molecule has 0 fully saturated rings. The third-order valence-corrected chi connectivity index (χ3v) is 3.78. The molecule has 1 aromatic carbocycles. The zero-order chi connectivity index (χ0) is 13.0. The maximum Gasteiger partial charge on any atom is 0.162 e. The Labute approximate surface area is 109 Å². The van der Waals surface area contributed by atoms with E-state index in [0.29, 0.717) is 12.0 Å². The Morgan fingerprint density at radius 1 is 1.22 bits per heavy atom. The number of rotatable bonds is 5. The fourth-order valence-electron chi connectivity index (χ4n) is 1.94. The van der Waals surface area contributed by atoms with E-state index in [1.807, 2.05) is 24.4 Å². The first-order chi connectivity index (χ1) is 8.72. The van der Waals surface area contributed by atoms with E-state index < -0.39 is 11.6 Å². The van der Waals surface area contributed by atoms with Crippen LogP contribution in [0, 0.1) is 11.6 Å². The Kier molecular flexibility index (Phi) is 4.44. The Balaban J connectivity index is 2.21. The van der Waals surface area contributed by atoms with E-state index in [9.17, 15) is 8.78 Å². The topological polar surface area (TPSA) is 12.0 Å². The Morgan fingerprint density at radius 3 is 2.72 bits per heavy atom. The molecule has 18 heavy (non-hydrogen) atoms. The van der Waals surface area contributed by atoms with Crippen molar-refractivity contribution in [3.8, 4) is 0 Å². The van der Waals surface area contributed by atoms with Crippen molar-refractivity contribution in [2.24, 2.45) is 0 Å². The summed E-state index contributed by atoms with van der Waals surface area (Å²) in [6.07, 6.45) is 0.456. The van der Waals surface area contributed by atoms with Gasteiger partial charge in [0.15, 0.2) is 11.6 Å². The number of halogens is 2. The van der Waals surface area contributed by atoms with Gasteiger partial charge in [0.1, 0.15) is 0 Å². The van der Waals surface area contributed by atoms with Crippen LogP contribution in [0.25, 0.3) is 0 Å². The van der Waals surface area contributed by atoms with E-state index in [1.165, 1.54) is 0 Å². The summed E-state index contributed by atoms with van der Waals surface area (Å²) in [6.45, 7) is 2.79. The molecule has 2 aromatic rings. The first-order valence-electron chi connectivity index (χ1n) is 5.92. The van der Waals surface area contributed by atoms with Crippen LogP contribution in [0.4, 0.5) is 8.78 Å². The highest BCUT2D eigenvalue weighted by Crippen LogP contribution is 2.24. The number of likely N-dealkylation sites (N-methyl/N-ethyl adjacent to an activating group) is 1. The molecule has 1 N–H and O–H groups in total. The van der Waals surface area contributed by atoms with E-state index in [1.54, 1.807) is 23.5 Å². The lowest BCUT2D eigenvalue weighted by molar-refractivity contribution is 0.483. The van der Waals surface area contributed by atoms with Crippen molar-refractivity contribution >= 4 is 11.3 Å². The first kappa shape index (κ1) is 13.2. The van der Waals surface area contributed by atoms with Crippen molar-refractivity contribution < 1.29 is 8.78 Å². The molecule has 4 heteroatoms. The van der Waals surface area contributed by atoms with Crippen LogP contribution < -0.4 is 5.32 Å². The molecule has 0 aliphatic rings. The SMILES string of the molecule is CCNC(Cc1cccc(F)c1F)c1cccs1. The molecule has 0 bridgehead atoms. The van der Waals surface area contributed by atoms with Gasteiger partial charge in [0.05, 0.1) is 0 Å². The van der Waals surface area contributed by atoms with E-state index in [-0.39, 0.29) is 6.04 Å². The Hall–Kier alpha value is -1.26. The summed E-state index contributed by atoms with van der Waals surface area (Å²) in [5.41, 5.74) is 0.411. The normalized spacial score (nSPS) is 12.6. The van der Waals surface area contributed by atoms with Crippen LogP contribution in [-0.4, -0.2) is 6.54 Å². The van der Waals surface area contributed by atoms with Crippen LogP contribution in [0.5, 0.6) is 0 Å². The van der Waals surface area contributed by atoms with Crippen molar-refractivity contribution in [2.75, 3.05) is 6.54 Å². The molecule has 1 aromatic heterocycles. The van der Waals surface area contributed by atoms with Gasteiger partial charge in [0.25, 0.3) is 0 Å². The van der Waals surface area contributed by atoms with Crippen LogP contribution in [0.1, 0.15) is 23.4 Å². The summed E-state index contributed by atoms with van der Waals surface area (Å²) in [7, 11) is 0. The summed E-state index contributed by atoms with van der Waals surface area (Å²) in [4.78, 5) is 1.14. The number of hydrogen-bond acceptors (Lipinski definition) is 2. The second kappa shape index (κ2) is 6.07. The van der Waals surface area contributed by atoms with Crippen LogP contribution >= 0.6 is 11.3 Å². The fourth-order valence-corrected chi connectivity index (χ4v) is 2.74. The highest BCUT2D eigenvalue weighted by Gasteiger charge is 2.16. The van der Waals surface area contributed by atoms with Gasteiger partial charge in [-0.05, 0) is 36.0 Å². The summed E-state index contributed by atoms with van der Waals surface area (Å²) >= 11 is 1.62. The molecule has 0 aliphatic heterocycles. The number of nitrogens with one attached hydrogen (secondary N) is 1. The molecule has 96 valence electrons. The number of thiophene rings is 1. The minimum Gasteiger partial charge on any atom is -0.309 e. The van der Waals surface area contributed by atoms with Gasteiger partial charge in [-0.25, -0.2) is 8.78 Å². The molecule has 0 spiro atoms. The predicted octanol–water partition coefficient (Wildman–Crippen LogP) is 3.92. The maximum absolute atomic E-state index is 13.6. The second-order valence-corrected chi connectivity index (χ2v) is 5.02. The lowest BCUT2D eigenvalue weighted by Crippen LogP contribution is -2.22. The van der Waals surface area contributed by atoms with Crippen molar-refractivity contribution in [2.45, 2.75) is 19.4 Å². The molecule has 0 radical (unpaired) electrons. The van der Waals surface area contributed by atoms with Crippen LogP contribution in [0.15, 0.2) is 35.7 Å². The smallest absolute Gasteiger partial charge is 0.162 e. The van der Waals surface area contributed by atoms with Crippen molar-refractivity contribution in [3.05, 3.63) is 57.8 Å². The van der Waals surface area contributed by atoms with E-state index in [0.717, 1.165) is 17.5 Å². The highest BCUT2D eigenvalue weighted by molar-refractivity contribution is 7.10. The second-order valence-electron chi connectivity index (χ2n) is 4.04. The molecular weight excluding hydrogens is 252 g/mol. The van der Waals surface area contributed by atoms with Gasteiger partial charge in [0.2, 0.25) is 0 Å². The predicted molar refractivity (Wildman–Crippen MR) is 70.8 cm³/mol. The molecule has 1 nitrogen and oxygen atoms in total. The average molecular weight is 267 g/mol. The zero-order valence-corrected chi connectivity index (χ0v) is 10.9. The minimum absolute atomic E-state index is 0.0336. The van der Waals surface area contributed by atoms with Gasteiger partial charge in [-0.15, -0.1) is 11.3 Å². The number of hydrogen-bond donors (Lipinski definition) is 1. The first-order valence-corrected chi connectivity index (χ1v) is 6.80. The van der Waals surface area contributed by atoms with Crippen LogP contribution in [0.3, 0.4) is 0 Å². The quantitative estimate of drug-likeness (QED) is 0.865. The van der Waals surface area contributed by atoms with Crippen molar-refractivity contribution in [1.29, 1.82) is 0 Å². The molecule has 0 saturated carbocycles. The molecule has 0 saturated heterocycles. The number of benzene rings is 1. The summed E-state index contributed by atoms with van der Waals surface area (Å²) in [6, 6.07) is 8.33. The lowest BCUT2D eigenvalue weighted by atomic mass is 10.0. The molecular formula is C14H15F2NS. The van der Waals surface area contributed by atoms with Gasteiger partial charge >= 0.3 is 0 Å². The third-order valence-electron chi connectivity index (χ3n) is 2.79. The molecule has 1 heterocycles. The monoisotopic (exact) mass is 267 g/mol. The van der Waals surface area contributed by atoms with E-state index in [4.69, 9.17) is 0 Å². The van der Waals surface area contributed by atoms with E-state index >= 15 is 0 Å². The molecule has 1 unspecified atom stereocenters. The van der Waals surface area contributed by atoms with E-state index in [2.05, 4.69) is 5.32 Å². The molecule has 1 atom stereocenters. The standard InChI is InChI=1S/C14H15F2NS/c1-2-17-12(13-7-4-8-18-13)9-10-5-3-6-11(15)14(10)16/h3-8,12,17H,2,9H2,1H3. The fraction of sp³-hybridized carbons (Fsp3) is 0.286. The van der Waals surface area contributed by atoms with Gasteiger partial charge < -0.3 is 5.32 Å². The highest BCUT2D eigenvalue weighted by atomic mass is 32.1. The van der Waals surface area contributed by atoms with Crippen molar-refractivity contribution in [3.63, 3.8) is 0 Å². The third kappa shape index (κ3) is 2.94. The largest absolute Gasteiger partial charge is 0.309 e. The van der Waals surface area contributed by atoms with Crippen molar-refractivity contribution in [1.82, 2.24) is 5.32 Å². The lowest BCUT2D eigenvalue weighted by Gasteiger charge is -2.17. The summed E-state index contributed by atoms with van der Waals surface area (Å²) in [5, 5.41) is 5.29. The van der Waals surface area contributed by atoms with Gasteiger partial charge in [-0.3, -0.25) is 0 Å². The zero-order valence-electron chi connectivity index (χ0n) is 10.1. The Bertz CT molecular complexity index is 497.